The summed E-state index contributed by atoms with van der Waals surface area (Å²) in [5.41, 5.74) is 0.963. The fourth-order valence-electron chi connectivity index (χ4n) is 2.99. The summed E-state index contributed by atoms with van der Waals surface area (Å²) in [4.78, 5) is 23.7. The number of rotatable bonds is 7. The van der Waals surface area contributed by atoms with Crippen molar-refractivity contribution >= 4 is 44.8 Å². The molecule has 2 rings (SSSR count). The summed E-state index contributed by atoms with van der Waals surface area (Å²) in [5.74, 6) is -0.525. The molecular weight excluding hydrogens is 390 g/mol. The lowest BCUT2D eigenvalue weighted by atomic mass is 9.97. The Labute approximate surface area is 165 Å². The topological polar surface area (TPSA) is 95.6 Å². The fraction of sp³-hybridized carbons (Fsp3) is 0.556. The minimum absolute atomic E-state index is 0.159. The standard InChI is InChI=1S/C18H26ClN3O4S/c1-3-4-11-27(25,26)22-9-7-14(8-10-22)18(24)21-17-12-15(20-13(2)23)5-6-16(17)19/h5-6,12,14H,3-4,7-11H2,1-2H3,(H,20,23)(H,21,24). The fourth-order valence-corrected chi connectivity index (χ4v) is 4.83. The van der Waals surface area contributed by atoms with E-state index in [1.165, 1.54) is 11.2 Å². The molecule has 1 heterocycles. The van der Waals surface area contributed by atoms with E-state index in [1.807, 2.05) is 6.92 Å². The largest absolute Gasteiger partial charge is 0.326 e. The zero-order chi connectivity index (χ0) is 20.0. The van der Waals surface area contributed by atoms with Gasteiger partial charge in [0.2, 0.25) is 21.8 Å². The van der Waals surface area contributed by atoms with Crippen molar-refractivity contribution in [3.63, 3.8) is 0 Å². The lowest BCUT2D eigenvalue weighted by Crippen LogP contribution is -2.42. The average Bonchev–Trinajstić information content (AvgIpc) is 2.62. The molecule has 0 radical (unpaired) electrons. The van der Waals surface area contributed by atoms with Gasteiger partial charge in [-0.3, -0.25) is 9.59 Å². The molecule has 0 unspecified atom stereocenters. The van der Waals surface area contributed by atoms with Gasteiger partial charge in [-0.15, -0.1) is 0 Å². The van der Waals surface area contributed by atoms with E-state index in [0.29, 0.717) is 48.7 Å². The van der Waals surface area contributed by atoms with Crippen molar-refractivity contribution in [3.8, 4) is 0 Å². The molecule has 2 amide bonds. The van der Waals surface area contributed by atoms with Gasteiger partial charge in [0.1, 0.15) is 0 Å². The van der Waals surface area contributed by atoms with Gasteiger partial charge < -0.3 is 10.6 Å². The number of sulfonamides is 1. The number of unbranched alkanes of at least 4 members (excludes halogenated alkanes) is 1. The van der Waals surface area contributed by atoms with Crippen LogP contribution in [0.15, 0.2) is 18.2 Å². The number of carbonyl (C=O) groups is 2. The van der Waals surface area contributed by atoms with Crippen molar-refractivity contribution in [2.75, 3.05) is 29.5 Å². The maximum Gasteiger partial charge on any atom is 0.227 e. The number of hydrogen-bond acceptors (Lipinski definition) is 4. The Balaban J connectivity index is 1.96. The van der Waals surface area contributed by atoms with E-state index in [2.05, 4.69) is 10.6 Å². The number of amides is 2. The van der Waals surface area contributed by atoms with Crippen LogP contribution in [0.1, 0.15) is 39.5 Å². The lowest BCUT2D eigenvalue weighted by molar-refractivity contribution is -0.121. The van der Waals surface area contributed by atoms with Crippen LogP contribution in [0, 0.1) is 5.92 Å². The maximum absolute atomic E-state index is 12.6. The molecule has 0 spiro atoms. The number of nitrogens with zero attached hydrogens (tertiary/aromatic N) is 1. The smallest absolute Gasteiger partial charge is 0.227 e. The Bertz CT molecular complexity index is 790. The van der Waals surface area contributed by atoms with Gasteiger partial charge in [0.05, 0.1) is 16.5 Å². The molecule has 1 aromatic rings. The average molecular weight is 416 g/mol. The van der Waals surface area contributed by atoms with Gasteiger partial charge in [-0.2, -0.15) is 0 Å². The summed E-state index contributed by atoms with van der Waals surface area (Å²) in [5, 5.41) is 5.81. The van der Waals surface area contributed by atoms with Crippen molar-refractivity contribution in [1.29, 1.82) is 0 Å². The summed E-state index contributed by atoms with van der Waals surface area (Å²) < 4.78 is 26.0. The van der Waals surface area contributed by atoms with Gasteiger partial charge in [-0.1, -0.05) is 24.9 Å². The minimum Gasteiger partial charge on any atom is -0.326 e. The molecule has 1 aliphatic rings. The zero-order valence-electron chi connectivity index (χ0n) is 15.6. The lowest BCUT2D eigenvalue weighted by Gasteiger charge is -2.30. The Kier molecular flexibility index (Phi) is 7.64. The van der Waals surface area contributed by atoms with Gasteiger partial charge in [-0.05, 0) is 37.5 Å². The van der Waals surface area contributed by atoms with Crippen LogP contribution in [-0.4, -0.2) is 43.4 Å². The first kappa shape index (κ1) is 21.7. The number of piperidine rings is 1. The van der Waals surface area contributed by atoms with Gasteiger partial charge in [0.15, 0.2) is 0 Å². The predicted molar refractivity (Wildman–Crippen MR) is 107 cm³/mol. The number of halogens is 1. The first-order valence-corrected chi connectivity index (χ1v) is 11.1. The molecule has 0 bridgehead atoms. The van der Waals surface area contributed by atoms with Crippen LogP contribution >= 0.6 is 11.6 Å². The van der Waals surface area contributed by atoms with Gasteiger partial charge in [0, 0.05) is 31.6 Å². The zero-order valence-corrected chi connectivity index (χ0v) is 17.2. The second kappa shape index (κ2) is 9.52. The SMILES string of the molecule is CCCCS(=O)(=O)N1CCC(C(=O)Nc2cc(NC(C)=O)ccc2Cl)CC1. The highest BCUT2D eigenvalue weighted by Gasteiger charge is 2.30. The molecule has 0 atom stereocenters. The van der Waals surface area contributed by atoms with E-state index in [4.69, 9.17) is 11.6 Å². The summed E-state index contributed by atoms with van der Waals surface area (Å²) in [6, 6.07) is 4.86. The highest BCUT2D eigenvalue weighted by Crippen LogP contribution is 2.28. The van der Waals surface area contributed by atoms with E-state index in [-0.39, 0.29) is 23.5 Å². The Hall–Kier alpha value is -1.64. The first-order chi connectivity index (χ1) is 12.7. The molecule has 9 heteroatoms. The van der Waals surface area contributed by atoms with Gasteiger partial charge >= 0.3 is 0 Å². The molecule has 1 aliphatic heterocycles. The molecular formula is C18H26ClN3O4S. The van der Waals surface area contributed by atoms with E-state index in [1.54, 1.807) is 18.2 Å². The molecule has 7 nitrogen and oxygen atoms in total. The second-order valence-electron chi connectivity index (χ2n) is 6.71. The maximum atomic E-state index is 12.6. The van der Waals surface area contributed by atoms with E-state index in [0.717, 1.165) is 6.42 Å². The third kappa shape index (κ3) is 6.19. The molecule has 0 aromatic heterocycles. The van der Waals surface area contributed by atoms with Crippen molar-refractivity contribution < 1.29 is 18.0 Å². The summed E-state index contributed by atoms with van der Waals surface area (Å²) in [6.07, 6.45) is 2.42. The second-order valence-corrected chi connectivity index (χ2v) is 9.20. The number of anilines is 2. The molecule has 0 saturated carbocycles. The number of nitrogens with one attached hydrogen (secondary N) is 2. The van der Waals surface area contributed by atoms with Crippen molar-refractivity contribution in [3.05, 3.63) is 23.2 Å². The highest BCUT2D eigenvalue weighted by atomic mass is 35.5. The third-order valence-corrected chi connectivity index (χ3v) is 6.80. The number of hydrogen-bond donors (Lipinski definition) is 2. The Morgan fingerprint density at radius 2 is 1.89 bits per heavy atom. The normalized spacial score (nSPS) is 16.1. The molecule has 27 heavy (non-hydrogen) atoms. The molecule has 150 valence electrons. The highest BCUT2D eigenvalue weighted by molar-refractivity contribution is 7.89. The van der Waals surface area contributed by atoms with Crippen molar-refractivity contribution in [2.24, 2.45) is 5.92 Å². The Morgan fingerprint density at radius 3 is 2.48 bits per heavy atom. The molecule has 2 N–H and O–H groups in total. The minimum atomic E-state index is -3.24. The van der Waals surface area contributed by atoms with E-state index < -0.39 is 10.0 Å². The van der Waals surface area contributed by atoms with Crippen LogP contribution in [0.5, 0.6) is 0 Å². The third-order valence-electron chi connectivity index (χ3n) is 4.52. The van der Waals surface area contributed by atoms with Crippen LogP contribution in [0.4, 0.5) is 11.4 Å². The predicted octanol–water partition coefficient (Wildman–Crippen LogP) is 3.08. The monoisotopic (exact) mass is 415 g/mol. The molecule has 1 aromatic carbocycles. The van der Waals surface area contributed by atoms with Crippen LogP contribution in [0.2, 0.25) is 5.02 Å². The molecule has 1 fully saturated rings. The van der Waals surface area contributed by atoms with Gasteiger partial charge in [0.25, 0.3) is 0 Å². The molecule has 1 saturated heterocycles. The summed E-state index contributed by atoms with van der Waals surface area (Å²) in [7, 11) is -3.24. The summed E-state index contributed by atoms with van der Waals surface area (Å²) >= 11 is 6.13. The van der Waals surface area contributed by atoms with E-state index >= 15 is 0 Å². The first-order valence-electron chi connectivity index (χ1n) is 9.08. The van der Waals surface area contributed by atoms with Crippen LogP contribution < -0.4 is 10.6 Å². The van der Waals surface area contributed by atoms with Crippen LogP contribution in [0.25, 0.3) is 0 Å². The van der Waals surface area contributed by atoms with Crippen LogP contribution in [0.3, 0.4) is 0 Å². The van der Waals surface area contributed by atoms with Crippen LogP contribution in [-0.2, 0) is 19.6 Å². The van der Waals surface area contributed by atoms with Gasteiger partial charge in [-0.25, -0.2) is 12.7 Å². The number of carbonyl (C=O) groups excluding carboxylic acids is 2. The summed E-state index contributed by atoms with van der Waals surface area (Å²) in [6.45, 7) is 4.06. The van der Waals surface area contributed by atoms with Crippen molar-refractivity contribution in [1.82, 2.24) is 4.31 Å². The Morgan fingerprint density at radius 1 is 1.22 bits per heavy atom. The van der Waals surface area contributed by atoms with Crippen molar-refractivity contribution in [2.45, 2.75) is 39.5 Å². The molecule has 0 aliphatic carbocycles. The quantitative estimate of drug-likeness (QED) is 0.715. The van der Waals surface area contributed by atoms with E-state index in [9.17, 15) is 18.0 Å². The number of benzene rings is 1.